The molecule has 9 heteroatoms. The molecule has 0 bridgehead atoms. The quantitative estimate of drug-likeness (QED) is 0.161. The van der Waals surface area contributed by atoms with E-state index in [2.05, 4.69) is 167 Å². The van der Waals surface area contributed by atoms with Crippen molar-refractivity contribution in [1.29, 1.82) is 0 Å². The van der Waals surface area contributed by atoms with E-state index in [9.17, 15) is 0 Å². The van der Waals surface area contributed by atoms with Crippen molar-refractivity contribution in [2.45, 2.75) is 97.7 Å². The molecule has 5 nitrogen and oxygen atoms in total. The molecule has 0 aliphatic carbocycles. The zero-order valence-electron chi connectivity index (χ0n) is 36.4. The molecular formula is C51H54B2O5Se2. The summed E-state index contributed by atoms with van der Waals surface area (Å²) in [7, 11) is -0.832. The first kappa shape index (κ1) is 43.0. The molecule has 4 heterocycles. The summed E-state index contributed by atoms with van der Waals surface area (Å²) in [5, 5.41) is 5.54. The third-order valence-electron chi connectivity index (χ3n) is 12.3. The normalized spacial score (nSPS) is 17.6. The van der Waals surface area contributed by atoms with Gasteiger partial charge in [0.25, 0.3) is 0 Å². The van der Waals surface area contributed by atoms with Gasteiger partial charge in [0.15, 0.2) is 0 Å². The molecular weight excluding hydrogens is 872 g/mol. The fourth-order valence-electron chi connectivity index (χ4n) is 7.50. The van der Waals surface area contributed by atoms with Gasteiger partial charge in [-0.25, -0.2) is 0 Å². The summed E-state index contributed by atoms with van der Waals surface area (Å²) in [6, 6.07) is 50.1. The minimum atomic E-state index is -0.523. The third kappa shape index (κ3) is 8.42. The van der Waals surface area contributed by atoms with Crippen LogP contribution in [0, 0.1) is 0 Å². The van der Waals surface area contributed by atoms with Crippen LogP contribution in [0.2, 0.25) is 0 Å². The molecule has 0 atom stereocenters. The summed E-state index contributed by atoms with van der Waals surface area (Å²) < 4.78 is 35.3. The van der Waals surface area contributed by atoms with Crippen LogP contribution in [0.25, 0.3) is 60.8 Å². The Morgan fingerprint density at radius 1 is 0.433 bits per heavy atom. The molecule has 0 radical (unpaired) electrons. The van der Waals surface area contributed by atoms with E-state index in [4.69, 9.17) is 23.3 Å². The van der Waals surface area contributed by atoms with Crippen LogP contribution in [0.3, 0.4) is 0 Å². The molecule has 0 unspecified atom stereocenters. The van der Waals surface area contributed by atoms with Crippen LogP contribution < -0.4 is 5.46 Å². The topological polar surface area (TPSA) is 46.2 Å². The van der Waals surface area contributed by atoms with Crippen molar-refractivity contribution in [2.75, 3.05) is 0 Å². The maximum absolute atomic E-state index is 6.38. The molecule has 2 saturated heterocycles. The van der Waals surface area contributed by atoms with Gasteiger partial charge in [0.05, 0.1) is 11.2 Å². The molecule has 2 aliphatic rings. The van der Waals surface area contributed by atoms with Gasteiger partial charge >= 0.3 is 297 Å². The van der Waals surface area contributed by atoms with Gasteiger partial charge in [0, 0.05) is 6.10 Å². The summed E-state index contributed by atoms with van der Waals surface area (Å²) in [4.78, 5) is 0. The summed E-state index contributed by atoms with van der Waals surface area (Å²) in [6.45, 7) is 20.4. The van der Waals surface area contributed by atoms with Crippen molar-refractivity contribution < 1.29 is 23.3 Å². The van der Waals surface area contributed by atoms with Gasteiger partial charge < -0.3 is 14.0 Å². The molecule has 306 valence electrons. The third-order valence-corrected chi connectivity index (χ3v) is 17.5. The van der Waals surface area contributed by atoms with E-state index in [-0.39, 0.29) is 50.1 Å². The number of hydrogen-bond acceptors (Lipinski definition) is 5. The van der Waals surface area contributed by atoms with Gasteiger partial charge in [0.2, 0.25) is 0 Å². The van der Waals surface area contributed by atoms with Crippen molar-refractivity contribution in [3.8, 4) is 22.3 Å². The Bertz CT molecular complexity index is 2720. The first-order valence-corrected chi connectivity index (χ1v) is 24.3. The van der Waals surface area contributed by atoms with E-state index >= 15 is 0 Å². The average Bonchev–Trinajstić information content (AvgIpc) is 3.91. The molecule has 0 spiro atoms. The number of rotatable bonds is 5. The van der Waals surface area contributed by atoms with Crippen molar-refractivity contribution >= 4 is 87.5 Å². The summed E-state index contributed by atoms with van der Waals surface area (Å²) in [5.41, 5.74) is 5.29. The Morgan fingerprint density at radius 3 is 1.38 bits per heavy atom. The van der Waals surface area contributed by atoms with Gasteiger partial charge in [-0.2, -0.15) is 0 Å². The minimum absolute atomic E-state index is 0.120. The Balaban J connectivity index is 0.000000135. The van der Waals surface area contributed by atoms with Crippen LogP contribution in [0.1, 0.15) is 69.2 Å². The Hall–Kier alpha value is -3.71. The number of fused-ring (bicyclic) bond motifs is 6. The zero-order chi connectivity index (χ0) is 42.5. The Morgan fingerprint density at radius 2 is 0.850 bits per heavy atom. The predicted molar refractivity (Wildman–Crippen MR) is 256 cm³/mol. The van der Waals surface area contributed by atoms with Crippen LogP contribution in [-0.2, 0) is 23.3 Å². The van der Waals surface area contributed by atoms with Gasteiger partial charge in [-0.05, 0) is 41.5 Å². The predicted octanol–water partition coefficient (Wildman–Crippen LogP) is 11.7. The molecule has 6 aromatic carbocycles. The zero-order valence-corrected chi connectivity index (χ0v) is 39.8. The van der Waals surface area contributed by atoms with Crippen LogP contribution >= 0.6 is 0 Å². The maximum atomic E-state index is 6.38. The molecule has 0 saturated carbocycles. The fourth-order valence-corrected chi connectivity index (χ4v) is 12.9. The Labute approximate surface area is 368 Å². The monoisotopic (exact) mass is 928 g/mol. The molecule has 0 N–H and O–H groups in total. The molecule has 0 amide bonds. The first-order chi connectivity index (χ1) is 28.6. The molecule has 8 aromatic rings. The summed E-state index contributed by atoms with van der Waals surface area (Å²) in [5.74, 6) is 0. The van der Waals surface area contributed by atoms with E-state index in [1.54, 1.807) is 0 Å². The van der Waals surface area contributed by atoms with Crippen molar-refractivity contribution in [3.63, 3.8) is 0 Å². The van der Waals surface area contributed by atoms with E-state index < -0.39 is 7.32 Å². The fraction of sp³-hybridized carbons (Fsp3) is 0.294. The second-order valence-electron chi connectivity index (χ2n) is 17.8. The summed E-state index contributed by atoms with van der Waals surface area (Å²) in [6.07, 6.45) is 0.120. The molecule has 2 aliphatic heterocycles. The molecule has 2 aromatic heterocycles. The van der Waals surface area contributed by atoms with Gasteiger partial charge in [-0.3, -0.25) is 0 Å². The molecule has 10 rings (SSSR count). The van der Waals surface area contributed by atoms with Crippen LogP contribution in [-0.4, -0.2) is 72.0 Å². The van der Waals surface area contributed by atoms with Crippen molar-refractivity contribution in [1.82, 2.24) is 0 Å². The van der Waals surface area contributed by atoms with Gasteiger partial charge in [-0.1, -0.05) is 0 Å². The van der Waals surface area contributed by atoms with E-state index in [0.717, 1.165) is 0 Å². The SMILES string of the molecule is CC(C)OB1OC(C)(C)C(C)(C)O1.CC1(C)OB(c2cccc3c2[se]c2c(-c4ccccc4)cccc23)OC1(C)C.c1ccc(-c2cccc3c2[se]c2ccccc23)cc1. The van der Waals surface area contributed by atoms with Crippen LogP contribution in [0.4, 0.5) is 0 Å². The van der Waals surface area contributed by atoms with E-state index in [1.165, 1.54) is 66.3 Å². The number of benzene rings is 6. The van der Waals surface area contributed by atoms with Crippen LogP contribution in [0.15, 0.2) is 140 Å². The Kier molecular flexibility index (Phi) is 12.1. The molecule has 60 heavy (non-hydrogen) atoms. The standard InChI is InChI=1S/C24H23BO2Se.C18H12Se.C9H19BO3/c1-23(2)24(3,4)27-25(26-23)20-15-9-14-19-18-13-8-12-17(21(18)28-22(19)20)16-10-6-5-7-11-16;1-2-7-13(8-3-1)14-10-6-11-16-15-9-4-5-12-17(15)19-18(14)16;1-7(2)11-10-12-8(3,4)9(5,6)13-10/h5-15H,1-4H3;1-12H;7H,1-6H3. The van der Waals surface area contributed by atoms with E-state index in [1.807, 2.05) is 41.5 Å². The van der Waals surface area contributed by atoms with E-state index in [0.29, 0.717) is 14.5 Å². The second kappa shape index (κ2) is 16.9. The van der Waals surface area contributed by atoms with Crippen LogP contribution in [0.5, 0.6) is 0 Å². The summed E-state index contributed by atoms with van der Waals surface area (Å²) >= 11 is 0.648. The molecule has 2 fully saturated rings. The van der Waals surface area contributed by atoms with Gasteiger partial charge in [0.1, 0.15) is 0 Å². The first-order valence-electron chi connectivity index (χ1n) is 20.9. The van der Waals surface area contributed by atoms with Crippen molar-refractivity contribution in [3.05, 3.63) is 140 Å². The van der Waals surface area contributed by atoms with Gasteiger partial charge in [-0.15, -0.1) is 0 Å². The van der Waals surface area contributed by atoms with Crippen molar-refractivity contribution in [2.24, 2.45) is 0 Å². The average molecular weight is 927 g/mol. The second-order valence-corrected chi connectivity index (χ2v) is 22.2. The number of hydrogen-bond donors (Lipinski definition) is 0.